The summed E-state index contributed by atoms with van der Waals surface area (Å²) in [5.41, 5.74) is 5.23. The Balaban J connectivity index is 1.27. The quantitative estimate of drug-likeness (QED) is 0.205. The molecule has 0 unspecified atom stereocenters. The Morgan fingerprint density at radius 1 is 0.972 bits per heavy atom. The number of para-hydroxylation sites is 1. The van der Waals surface area contributed by atoms with Crippen LogP contribution in [0.15, 0.2) is 71.2 Å². The topological polar surface area (TPSA) is 66.9 Å². The van der Waals surface area contributed by atoms with E-state index in [-0.39, 0.29) is 26.0 Å². The summed E-state index contributed by atoms with van der Waals surface area (Å²) in [4.78, 5) is 18.2. The smallest absolute Gasteiger partial charge is 0.339 e. The van der Waals surface area contributed by atoms with Gasteiger partial charge in [-0.3, -0.25) is 0 Å². The van der Waals surface area contributed by atoms with Crippen molar-refractivity contribution in [2.75, 3.05) is 20.0 Å². The van der Waals surface area contributed by atoms with E-state index in [9.17, 15) is 4.79 Å². The lowest BCUT2D eigenvalue weighted by Crippen LogP contribution is -2.15. The second-order valence-corrected chi connectivity index (χ2v) is 9.47. The predicted octanol–water partition coefficient (Wildman–Crippen LogP) is 6.45. The molecule has 1 aromatic heterocycles. The minimum absolute atomic E-state index is 0.149. The summed E-state index contributed by atoms with van der Waals surface area (Å²) in [6.07, 6.45) is 3.62. The highest BCUT2D eigenvalue weighted by molar-refractivity contribution is 9.10. The van der Waals surface area contributed by atoms with Gasteiger partial charge in [0.25, 0.3) is 0 Å². The van der Waals surface area contributed by atoms with Crippen LogP contribution in [0.5, 0.6) is 17.2 Å². The Bertz CT molecular complexity index is 1510. The molecule has 0 saturated heterocycles. The fourth-order valence-corrected chi connectivity index (χ4v) is 5.02. The number of ether oxygens (including phenoxy) is 4. The minimum atomic E-state index is -0.355. The van der Waals surface area contributed by atoms with E-state index in [1.165, 1.54) is 0 Å². The number of benzene rings is 3. The molecule has 2 heterocycles. The summed E-state index contributed by atoms with van der Waals surface area (Å²) < 4.78 is 23.3. The molecule has 2 aliphatic rings. The van der Waals surface area contributed by atoms with Crippen molar-refractivity contribution in [3.05, 3.63) is 93.6 Å². The van der Waals surface area contributed by atoms with E-state index >= 15 is 0 Å². The Morgan fingerprint density at radius 3 is 2.78 bits per heavy atom. The number of esters is 1. The third kappa shape index (κ3) is 4.42. The number of allylic oxidation sites excluding steroid dienone is 1. The normalized spacial score (nSPS) is 14.8. The highest BCUT2D eigenvalue weighted by Gasteiger charge is 2.27. The Morgan fingerprint density at radius 2 is 1.86 bits per heavy atom. The molecular formula is C29H22BrNO5. The Hall–Kier alpha value is -3.84. The Labute approximate surface area is 216 Å². The maximum Gasteiger partial charge on any atom is 0.339 e. The fraction of sp³-hybridized carbons (Fsp3) is 0.172. The van der Waals surface area contributed by atoms with Crippen LogP contribution in [0.25, 0.3) is 22.6 Å². The van der Waals surface area contributed by atoms with Crippen LogP contribution >= 0.6 is 15.9 Å². The van der Waals surface area contributed by atoms with Gasteiger partial charge in [0.05, 0.1) is 16.8 Å². The third-order valence-corrected chi connectivity index (χ3v) is 6.76. The highest BCUT2D eigenvalue weighted by Crippen LogP contribution is 2.39. The molecule has 36 heavy (non-hydrogen) atoms. The average molecular weight is 544 g/mol. The molecule has 0 amide bonds. The first kappa shape index (κ1) is 22.6. The number of halogens is 1. The molecule has 3 aromatic carbocycles. The summed E-state index contributed by atoms with van der Waals surface area (Å²) in [6, 6.07) is 21.1. The van der Waals surface area contributed by atoms with Crippen LogP contribution in [-0.4, -0.2) is 31.0 Å². The zero-order chi connectivity index (χ0) is 24.5. The number of aromatic nitrogens is 1. The number of hydrogen-bond acceptors (Lipinski definition) is 6. The maximum atomic E-state index is 13.3. The molecule has 4 aromatic rings. The number of pyridine rings is 1. The molecule has 180 valence electrons. The van der Waals surface area contributed by atoms with Gasteiger partial charge in [-0.2, -0.15) is 0 Å². The van der Waals surface area contributed by atoms with Gasteiger partial charge in [-0.05, 0) is 72.0 Å². The fourth-order valence-electron chi connectivity index (χ4n) is 4.64. The standard InChI is InChI=1S/C29H22BrNO5/c30-20-4-3-5-21(16-20)33-12-13-34-29(32)27-22-6-1-2-7-24(22)31-28-19(9-10-23(27)28)14-18-8-11-25-26(15-18)36-17-35-25/h1-8,11,14-16H,9-10,12-13,17H2/b19-14-. The number of fused-ring (bicyclic) bond motifs is 3. The van der Waals surface area contributed by atoms with Crippen LogP contribution in [0, 0.1) is 0 Å². The number of hydrogen-bond donors (Lipinski definition) is 0. The van der Waals surface area contributed by atoms with E-state index in [0.717, 1.165) is 62.1 Å². The first-order valence-electron chi connectivity index (χ1n) is 11.7. The van der Waals surface area contributed by atoms with Crippen molar-refractivity contribution in [1.82, 2.24) is 4.98 Å². The number of nitrogens with zero attached hydrogens (tertiary/aromatic N) is 1. The Kier molecular flexibility index (Phi) is 6.07. The first-order chi connectivity index (χ1) is 17.7. The van der Waals surface area contributed by atoms with Crippen molar-refractivity contribution < 1.29 is 23.7 Å². The van der Waals surface area contributed by atoms with Gasteiger partial charge in [0, 0.05) is 9.86 Å². The van der Waals surface area contributed by atoms with Crippen LogP contribution in [0.1, 0.15) is 33.6 Å². The van der Waals surface area contributed by atoms with E-state index in [2.05, 4.69) is 22.0 Å². The molecule has 0 radical (unpaired) electrons. The minimum Gasteiger partial charge on any atom is -0.490 e. The van der Waals surface area contributed by atoms with Gasteiger partial charge in [0.15, 0.2) is 11.5 Å². The van der Waals surface area contributed by atoms with Gasteiger partial charge >= 0.3 is 5.97 Å². The van der Waals surface area contributed by atoms with Gasteiger partial charge in [0.2, 0.25) is 6.79 Å². The molecule has 7 heteroatoms. The van der Waals surface area contributed by atoms with Crippen LogP contribution < -0.4 is 14.2 Å². The van der Waals surface area contributed by atoms with Gasteiger partial charge < -0.3 is 18.9 Å². The lowest BCUT2D eigenvalue weighted by molar-refractivity contribution is 0.0451. The van der Waals surface area contributed by atoms with Crippen LogP contribution in [0.4, 0.5) is 0 Å². The second-order valence-electron chi connectivity index (χ2n) is 8.56. The SMILES string of the molecule is O=C(OCCOc1cccc(Br)c1)c1c2c(nc3ccccc13)/C(=C\c1ccc3c(c1)OCO3)CC2. The summed E-state index contributed by atoms with van der Waals surface area (Å²) >= 11 is 3.43. The van der Waals surface area contributed by atoms with Crippen LogP contribution in [0.2, 0.25) is 0 Å². The van der Waals surface area contributed by atoms with Gasteiger partial charge in [-0.15, -0.1) is 0 Å². The largest absolute Gasteiger partial charge is 0.490 e. The molecule has 0 spiro atoms. The van der Waals surface area contributed by atoms with Crippen molar-refractivity contribution in [2.45, 2.75) is 12.8 Å². The van der Waals surface area contributed by atoms with E-state index in [4.69, 9.17) is 23.9 Å². The van der Waals surface area contributed by atoms with Gasteiger partial charge in [0.1, 0.15) is 19.0 Å². The molecule has 1 aliphatic carbocycles. The van der Waals surface area contributed by atoms with Crippen molar-refractivity contribution in [1.29, 1.82) is 0 Å². The van der Waals surface area contributed by atoms with Gasteiger partial charge in [-0.25, -0.2) is 9.78 Å². The molecule has 0 fully saturated rings. The number of carbonyl (C=O) groups excluding carboxylic acids is 1. The van der Waals surface area contributed by atoms with Crippen molar-refractivity contribution >= 4 is 44.5 Å². The van der Waals surface area contributed by atoms with E-state index < -0.39 is 0 Å². The van der Waals surface area contributed by atoms with Gasteiger partial charge in [-0.1, -0.05) is 46.3 Å². The third-order valence-electron chi connectivity index (χ3n) is 6.26. The summed E-state index contributed by atoms with van der Waals surface area (Å²) in [5, 5.41) is 0.804. The summed E-state index contributed by atoms with van der Waals surface area (Å²) in [6.45, 7) is 0.657. The van der Waals surface area contributed by atoms with Crippen molar-refractivity contribution in [3.8, 4) is 17.2 Å². The molecule has 6 rings (SSSR count). The summed E-state index contributed by atoms with van der Waals surface area (Å²) in [5.74, 6) is 1.85. The van der Waals surface area contributed by atoms with E-state index in [1.807, 2.05) is 66.7 Å². The van der Waals surface area contributed by atoms with Crippen molar-refractivity contribution in [3.63, 3.8) is 0 Å². The van der Waals surface area contributed by atoms with Crippen LogP contribution in [0.3, 0.4) is 0 Å². The molecule has 1 aliphatic heterocycles. The zero-order valence-corrected chi connectivity index (χ0v) is 20.9. The maximum absolute atomic E-state index is 13.3. The van der Waals surface area contributed by atoms with E-state index in [1.54, 1.807) is 0 Å². The number of carbonyl (C=O) groups is 1. The average Bonchev–Trinajstić information content (AvgIpc) is 3.52. The monoisotopic (exact) mass is 543 g/mol. The predicted molar refractivity (Wildman–Crippen MR) is 140 cm³/mol. The number of rotatable bonds is 6. The molecule has 0 bridgehead atoms. The zero-order valence-electron chi connectivity index (χ0n) is 19.3. The first-order valence-corrected chi connectivity index (χ1v) is 12.5. The lowest BCUT2D eigenvalue weighted by Gasteiger charge is -2.13. The second kappa shape index (κ2) is 9.66. The molecule has 0 atom stereocenters. The molecular weight excluding hydrogens is 522 g/mol. The lowest BCUT2D eigenvalue weighted by atomic mass is 10.0. The highest BCUT2D eigenvalue weighted by atomic mass is 79.9. The van der Waals surface area contributed by atoms with Crippen LogP contribution in [-0.2, 0) is 11.2 Å². The summed E-state index contributed by atoms with van der Waals surface area (Å²) in [7, 11) is 0. The molecule has 6 nitrogen and oxygen atoms in total. The van der Waals surface area contributed by atoms with Crippen molar-refractivity contribution in [2.24, 2.45) is 0 Å². The van der Waals surface area contributed by atoms with E-state index in [0.29, 0.717) is 11.3 Å². The molecule has 0 N–H and O–H groups in total. The molecule has 0 saturated carbocycles.